The summed E-state index contributed by atoms with van der Waals surface area (Å²) in [5.41, 5.74) is 12.1. The molecule has 1 aliphatic heterocycles. The third-order valence-electron chi connectivity index (χ3n) is 4.33. The number of hydrogen-bond donors (Lipinski definition) is 3. The molecule has 124 valence electrons. The van der Waals surface area contributed by atoms with Crippen LogP contribution in [0, 0.1) is 0 Å². The van der Waals surface area contributed by atoms with E-state index in [9.17, 15) is 4.79 Å². The van der Waals surface area contributed by atoms with Crippen LogP contribution < -0.4 is 11.1 Å². The zero-order chi connectivity index (χ0) is 17.2. The molecule has 0 spiro atoms. The molecule has 3 aromatic rings. The summed E-state index contributed by atoms with van der Waals surface area (Å²) < 4.78 is 0. The lowest BCUT2D eigenvalue weighted by Crippen LogP contribution is -2.31. The first-order valence-electron chi connectivity index (χ1n) is 8.20. The normalized spacial score (nSPS) is 13.7. The molecule has 1 aromatic carbocycles. The monoisotopic (exact) mass is 330 g/mol. The van der Waals surface area contributed by atoms with Gasteiger partial charge in [0.2, 0.25) is 0 Å². The molecule has 0 aliphatic carbocycles. The molecule has 0 unspecified atom stereocenters. The summed E-state index contributed by atoms with van der Waals surface area (Å²) >= 11 is 0. The van der Waals surface area contributed by atoms with Gasteiger partial charge in [0.1, 0.15) is 0 Å². The molecule has 0 atom stereocenters. The maximum atomic E-state index is 11.9. The largest absolute Gasteiger partial charge is 0.398 e. The molecule has 25 heavy (non-hydrogen) atoms. The molecule has 0 saturated carbocycles. The molecule has 0 bridgehead atoms. The van der Waals surface area contributed by atoms with Crippen LogP contribution in [-0.2, 0) is 6.42 Å². The van der Waals surface area contributed by atoms with Crippen LogP contribution in [0.1, 0.15) is 27.3 Å². The smallest absolute Gasteiger partial charge is 0.253 e. The molecule has 0 saturated heterocycles. The fraction of sp³-hybridized carbons (Fsp3) is 0.100. The third kappa shape index (κ3) is 3.04. The minimum atomic E-state index is -0.0162. The maximum absolute atomic E-state index is 11.9. The average Bonchev–Trinajstić information content (AvgIpc) is 3.07. The molecule has 1 amide bonds. The van der Waals surface area contributed by atoms with E-state index in [0.717, 1.165) is 45.9 Å². The molecule has 0 radical (unpaired) electrons. The number of anilines is 1. The van der Waals surface area contributed by atoms with Crippen LogP contribution in [-0.4, -0.2) is 22.4 Å². The summed E-state index contributed by atoms with van der Waals surface area (Å²) in [4.78, 5) is 19.7. The van der Waals surface area contributed by atoms with Gasteiger partial charge in [0, 0.05) is 41.8 Å². The van der Waals surface area contributed by atoms with Crippen molar-refractivity contribution in [3.8, 4) is 11.3 Å². The van der Waals surface area contributed by atoms with Gasteiger partial charge in [-0.1, -0.05) is 24.3 Å². The Bertz CT molecular complexity index is 971. The van der Waals surface area contributed by atoms with Gasteiger partial charge in [-0.25, -0.2) is 0 Å². The Morgan fingerprint density at radius 1 is 1.12 bits per heavy atom. The molecule has 5 nitrogen and oxygen atoms in total. The van der Waals surface area contributed by atoms with Crippen molar-refractivity contribution in [2.75, 3.05) is 12.3 Å². The van der Waals surface area contributed by atoms with E-state index in [2.05, 4.69) is 15.3 Å². The lowest BCUT2D eigenvalue weighted by Gasteiger charge is -2.10. The average molecular weight is 330 g/mol. The number of aromatic amines is 1. The van der Waals surface area contributed by atoms with Crippen LogP contribution in [0.4, 0.5) is 5.69 Å². The van der Waals surface area contributed by atoms with E-state index in [1.807, 2.05) is 54.6 Å². The van der Waals surface area contributed by atoms with Crippen molar-refractivity contribution in [3.05, 3.63) is 71.2 Å². The van der Waals surface area contributed by atoms with E-state index < -0.39 is 0 Å². The van der Waals surface area contributed by atoms with Crippen LogP contribution in [0.15, 0.2) is 48.7 Å². The first-order chi connectivity index (χ1) is 12.2. The number of aromatic nitrogens is 2. The number of nitrogen functional groups attached to an aromatic ring is 1. The van der Waals surface area contributed by atoms with Crippen LogP contribution in [0.25, 0.3) is 23.4 Å². The fourth-order valence-corrected chi connectivity index (χ4v) is 2.99. The van der Waals surface area contributed by atoms with Gasteiger partial charge in [-0.2, -0.15) is 0 Å². The molecule has 5 heteroatoms. The Hall–Kier alpha value is -3.34. The van der Waals surface area contributed by atoms with Crippen LogP contribution in [0.2, 0.25) is 0 Å². The van der Waals surface area contributed by atoms with Crippen molar-refractivity contribution in [2.24, 2.45) is 0 Å². The molecule has 3 heterocycles. The number of carbonyl (C=O) groups excluding carboxylic acids is 1. The summed E-state index contributed by atoms with van der Waals surface area (Å²) in [5.74, 6) is -0.0162. The zero-order valence-electron chi connectivity index (χ0n) is 13.6. The highest BCUT2D eigenvalue weighted by Gasteiger charge is 2.19. The molecule has 1 aliphatic rings. The van der Waals surface area contributed by atoms with Crippen molar-refractivity contribution in [1.82, 2.24) is 15.3 Å². The van der Waals surface area contributed by atoms with E-state index in [4.69, 9.17) is 5.73 Å². The fourth-order valence-electron chi connectivity index (χ4n) is 2.99. The van der Waals surface area contributed by atoms with E-state index in [1.165, 1.54) is 0 Å². The second-order valence-electron chi connectivity index (χ2n) is 6.01. The van der Waals surface area contributed by atoms with Crippen molar-refractivity contribution in [3.63, 3.8) is 0 Å². The highest BCUT2D eigenvalue weighted by Crippen LogP contribution is 2.24. The Labute approximate surface area is 145 Å². The second kappa shape index (κ2) is 6.28. The van der Waals surface area contributed by atoms with Crippen LogP contribution in [0.5, 0.6) is 0 Å². The molecule has 0 fully saturated rings. The predicted octanol–water partition coefficient (Wildman–Crippen LogP) is 3.12. The molecule has 4 rings (SSSR count). The van der Waals surface area contributed by atoms with Crippen molar-refractivity contribution in [2.45, 2.75) is 6.42 Å². The van der Waals surface area contributed by atoms with Gasteiger partial charge in [0.25, 0.3) is 5.91 Å². The molecule has 4 N–H and O–H groups in total. The summed E-state index contributed by atoms with van der Waals surface area (Å²) in [6.45, 7) is 0.675. The number of nitrogens with zero attached hydrogens (tertiary/aromatic N) is 1. The zero-order valence-corrected chi connectivity index (χ0v) is 13.6. The van der Waals surface area contributed by atoms with Gasteiger partial charge in [-0.05, 0) is 35.9 Å². The number of fused-ring (bicyclic) bond motifs is 1. The third-order valence-corrected chi connectivity index (χ3v) is 4.33. The van der Waals surface area contributed by atoms with Crippen molar-refractivity contribution < 1.29 is 4.79 Å². The van der Waals surface area contributed by atoms with Crippen LogP contribution >= 0.6 is 0 Å². The lowest BCUT2D eigenvalue weighted by atomic mass is 10.1. The Morgan fingerprint density at radius 3 is 2.84 bits per heavy atom. The second-order valence-corrected chi connectivity index (χ2v) is 6.01. The Morgan fingerprint density at radius 2 is 2.00 bits per heavy atom. The number of para-hydroxylation sites is 1. The number of benzene rings is 1. The number of nitrogens with one attached hydrogen (secondary N) is 2. The quantitative estimate of drug-likeness (QED) is 0.645. The van der Waals surface area contributed by atoms with Crippen molar-refractivity contribution in [1.29, 1.82) is 0 Å². The van der Waals surface area contributed by atoms with Gasteiger partial charge in [0.05, 0.1) is 11.3 Å². The SMILES string of the molecule is Nc1ccccc1/C=C/c1cc(-c2cc3c([nH]2)CCNC3=O)ccn1. The number of rotatable bonds is 3. The van der Waals surface area contributed by atoms with Gasteiger partial charge in [-0.15, -0.1) is 0 Å². The molecule has 2 aromatic heterocycles. The first kappa shape index (κ1) is 15.2. The van der Waals surface area contributed by atoms with Gasteiger partial charge in [-0.3, -0.25) is 9.78 Å². The number of pyridine rings is 1. The highest BCUT2D eigenvalue weighted by atomic mass is 16.1. The van der Waals surface area contributed by atoms with Crippen LogP contribution in [0.3, 0.4) is 0 Å². The van der Waals surface area contributed by atoms with Gasteiger partial charge < -0.3 is 16.0 Å². The minimum Gasteiger partial charge on any atom is -0.398 e. The van der Waals surface area contributed by atoms with E-state index in [1.54, 1.807) is 6.20 Å². The summed E-state index contributed by atoms with van der Waals surface area (Å²) in [5, 5.41) is 2.86. The van der Waals surface area contributed by atoms with E-state index >= 15 is 0 Å². The topological polar surface area (TPSA) is 83.8 Å². The number of hydrogen-bond acceptors (Lipinski definition) is 3. The van der Waals surface area contributed by atoms with Gasteiger partial charge in [0.15, 0.2) is 0 Å². The first-order valence-corrected chi connectivity index (χ1v) is 8.20. The Balaban J connectivity index is 1.64. The Kier molecular flexibility index (Phi) is 3.82. The summed E-state index contributed by atoms with van der Waals surface area (Å²) in [7, 11) is 0. The lowest BCUT2D eigenvalue weighted by molar-refractivity contribution is 0.0946. The number of nitrogens with two attached hydrogens (primary N) is 1. The van der Waals surface area contributed by atoms with E-state index in [0.29, 0.717) is 6.54 Å². The highest BCUT2D eigenvalue weighted by molar-refractivity contribution is 5.97. The molecular formula is C20H18N4O. The number of carbonyl (C=O) groups is 1. The van der Waals surface area contributed by atoms with Crippen molar-refractivity contribution >= 4 is 23.7 Å². The minimum absolute atomic E-state index is 0.0162. The number of H-pyrrole nitrogens is 1. The summed E-state index contributed by atoms with van der Waals surface area (Å²) in [6.07, 6.45) is 6.48. The summed E-state index contributed by atoms with van der Waals surface area (Å²) in [6, 6.07) is 13.5. The van der Waals surface area contributed by atoms with Gasteiger partial charge >= 0.3 is 0 Å². The standard InChI is InChI=1S/C20H18N4O/c21-17-4-2-1-3-13(17)5-6-15-11-14(7-9-22-15)19-12-16-18(24-19)8-10-23-20(16)25/h1-7,9,11-12,24H,8,10,21H2,(H,23,25)/b6-5+. The number of amides is 1. The maximum Gasteiger partial charge on any atom is 0.253 e. The molecular weight excluding hydrogens is 312 g/mol. The predicted molar refractivity (Wildman–Crippen MR) is 99.8 cm³/mol. The van der Waals surface area contributed by atoms with E-state index in [-0.39, 0.29) is 5.91 Å².